The van der Waals surface area contributed by atoms with Gasteiger partial charge in [-0.15, -0.1) is 0 Å². The summed E-state index contributed by atoms with van der Waals surface area (Å²) in [5, 5.41) is 2.93. The number of benzene rings is 1. The minimum atomic E-state index is 0.0852. The van der Waals surface area contributed by atoms with Crippen molar-refractivity contribution in [3.63, 3.8) is 0 Å². The molecule has 0 saturated carbocycles. The monoisotopic (exact) mass is 291 g/mol. The number of nitrogens with one attached hydrogen (secondary N) is 1. The summed E-state index contributed by atoms with van der Waals surface area (Å²) in [5.74, 6) is 0.0852. The third kappa shape index (κ3) is 7.25. The fourth-order valence-electron chi connectivity index (χ4n) is 2.22. The first-order chi connectivity index (χ1) is 10.2. The predicted molar refractivity (Wildman–Crippen MR) is 89.2 cm³/mol. The van der Waals surface area contributed by atoms with Gasteiger partial charge in [0.1, 0.15) is 0 Å². The highest BCUT2D eigenvalue weighted by atomic mass is 16.1. The lowest BCUT2D eigenvalue weighted by atomic mass is 10.2. The van der Waals surface area contributed by atoms with Crippen LogP contribution in [-0.4, -0.2) is 30.4 Å². The summed E-state index contributed by atoms with van der Waals surface area (Å²) >= 11 is 0. The van der Waals surface area contributed by atoms with Gasteiger partial charge in [0.25, 0.3) is 0 Å². The van der Waals surface area contributed by atoms with E-state index in [4.69, 9.17) is 5.73 Å². The van der Waals surface area contributed by atoms with E-state index < -0.39 is 0 Å². The van der Waals surface area contributed by atoms with E-state index in [2.05, 4.69) is 24.1 Å². The van der Waals surface area contributed by atoms with Gasteiger partial charge in [-0.25, -0.2) is 0 Å². The molecule has 4 nitrogen and oxygen atoms in total. The van der Waals surface area contributed by atoms with Crippen LogP contribution in [0.25, 0.3) is 0 Å². The fraction of sp³-hybridized carbons (Fsp3) is 0.588. The van der Waals surface area contributed by atoms with E-state index in [-0.39, 0.29) is 5.91 Å². The highest BCUT2D eigenvalue weighted by Gasteiger charge is 2.05. The number of nitrogens with zero attached hydrogens (tertiary/aromatic N) is 1. The van der Waals surface area contributed by atoms with Gasteiger partial charge in [0.15, 0.2) is 0 Å². The Kier molecular flexibility index (Phi) is 8.71. The average Bonchev–Trinajstić information content (AvgIpc) is 2.51. The zero-order chi connectivity index (χ0) is 15.5. The Bertz CT molecular complexity index is 403. The molecule has 0 bridgehead atoms. The van der Waals surface area contributed by atoms with Crippen LogP contribution in [0.15, 0.2) is 24.3 Å². The Balaban J connectivity index is 2.26. The molecule has 0 aliphatic rings. The summed E-state index contributed by atoms with van der Waals surface area (Å²) in [5.41, 5.74) is 7.47. The molecular formula is C17H29N3O. The lowest BCUT2D eigenvalue weighted by molar-refractivity contribution is -0.116. The molecule has 0 aliphatic heterocycles. The first-order valence-corrected chi connectivity index (χ1v) is 8.00. The molecule has 3 N–H and O–H groups in total. The Morgan fingerprint density at radius 1 is 1.14 bits per heavy atom. The summed E-state index contributed by atoms with van der Waals surface area (Å²) in [7, 11) is 0. The molecular weight excluding hydrogens is 262 g/mol. The maximum absolute atomic E-state index is 11.9. The van der Waals surface area contributed by atoms with Gasteiger partial charge in [0.2, 0.25) is 5.91 Å². The van der Waals surface area contributed by atoms with Crippen molar-refractivity contribution in [3.05, 3.63) is 29.8 Å². The zero-order valence-corrected chi connectivity index (χ0v) is 13.4. The quantitative estimate of drug-likeness (QED) is 0.697. The number of hydrogen-bond donors (Lipinski definition) is 2. The fourth-order valence-corrected chi connectivity index (χ4v) is 2.22. The summed E-state index contributed by atoms with van der Waals surface area (Å²) < 4.78 is 0. The van der Waals surface area contributed by atoms with Crippen LogP contribution in [0.3, 0.4) is 0 Å². The van der Waals surface area contributed by atoms with Gasteiger partial charge in [-0.2, -0.15) is 0 Å². The molecule has 0 fully saturated rings. The number of carbonyl (C=O) groups excluding carboxylic acids is 1. The minimum absolute atomic E-state index is 0.0852. The topological polar surface area (TPSA) is 58.4 Å². The van der Waals surface area contributed by atoms with Crippen LogP contribution in [-0.2, 0) is 11.3 Å². The number of nitrogens with two attached hydrogens (primary N) is 1. The van der Waals surface area contributed by atoms with Gasteiger partial charge in [-0.3, -0.25) is 4.79 Å². The molecule has 1 rings (SSSR count). The van der Waals surface area contributed by atoms with Crippen LogP contribution < -0.4 is 11.1 Å². The van der Waals surface area contributed by atoms with E-state index in [0.717, 1.165) is 37.3 Å². The van der Waals surface area contributed by atoms with E-state index >= 15 is 0 Å². The number of amides is 1. The van der Waals surface area contributed by atoms with Crippen molar-refractivity contribution in [3.8, 4) is 0 Å². The molecule has 0 spiro atoms. The molecule has 1 amide bonds. The predicted octanol–water partition coefficient (Wildman–Crippen LogP) is 2.99. The summed E-state index contributed by atoms with van der Waals surface area (Å²) in [6.45, 7) is 8.10. The molecule has 0 aliphatic carbocycles. The Hall–Kier alpha value is -1.39. The molecule has 118 valence electrons. The van der Waals surface area contributed by atoms with Gasteiger partial charge in [-0.1, -0.05) is 32.4 Å². The van der Waals surface area contributed by atoms with Crippen molar-refractivity contribution in [1.82, 2.24) is 4.90 Å². The molecule has 21 heavy (non-hydrogen) atoms. The molecule has 1 aromatic rings. The van der Waals surface area contributed by atoms with Gasteiger partial charge >= 0.3 is 0 Å². The molecule has 0 aromatic heterocycles. The molecule has 4 heteroatoms. The van der Waals surface area contributed by atoms with Crippen molar-refractivity contribution >= 4 is 11.6 Å². The average molecular weight is 291 g/mol. The molecule has 0 atom stereocenters. The Morgan fingerprint density at radius 2 is 1.81 bits per heavy atom. The van der Waals surface area contributed by atoms with E-state index in [1.807, 2.05) is 24.3 Å². The zero-order valence-electron chi connectivity index (χ0n) is 13.4. The Labute approximate surface area is 128 Å². The third-order valence-corrected chi connectivity index (χ3v) is 3.63. The smallest absolute Gasteiger partial charge is 0.224 e. The van der Waals surface area contributed by atoms with Gasteiger partial charge in [-0.05, 0) is 50.2 Å². The second-order valence-corrected chi connectivity index (χ2v) is 5.34. The van der Waals surface area contributed by atoms with Crippen molar-refractivity contribution in [2.75, 3.05) is 25.0 Å². The van der Waals surface area contributed by atoms with Crippen LogP contribution in [0.2, 0.25) is 0 Å². The SMILES string of the molecule is CCCCN(CC)CCCC(=O)Nc1ccc(CN)cc1. The normalized spacial score (nSPS) is 10.9. The second kappa shape index (κ2) is 10.4. The van der Waals surface area contributed by atoms with Crippen molar-refractivity contribution < 1.29 is 4.79 Å². The highest BCUT2D eigenvalue weighted by molar-refractivity contribution is 5.90. The van der Waals surface area contributed by atoms with Crippen LogP contribution in [0, 0.1) is 0 Å². The number of rotatable bonds is 10. The first kappa shape index (κ1) is 17.7. The molecule has 0 heterocycles. The van der Waals surface area contributed by atoms with Crippen molar-refractivity contribution in [2.24, 2.45) is 5.73 Å². The third-order valence-electron chi connectivity index (χ3n) is 3.63. The lowest BCUT2D eigenvalue weighted by Crippen LogP contribution is -2.26. The number of hydrogen-bond acceptors (Lipinski definition) is 3. The number of anilines is 1. The van der Waals surface area contributed by atoms with Crippen molar-refractivity contribution in [1.29, 1.82) is 0 Å². The number of carbonyl (C=O) groups is 1. The van der Waals surface area contributed by atoms with Crippen LogP contribution >= 0.6 is 0 Å². The minimum Gasteiger partial charge on any atom is -0.326 e. The standard InChI is InChI=1S/C17H29N3O/c1-3-5-12-20(4-2)13-6-7-17(21)19-16-10-8-15(14-18)9-11-16/h8-11H,3-7,12-14,18H2,1-2H3,(H,19,21). The van der Waals surface area contributed by atoms with E-state index in [1.54, 1.807) is 0 Å². The molecule has 1 aromatic carbocycles. The summed E-state index contributed by atoms with van der Waals surface area (Å²) in [4.78, 5) is 14.3. The van der Waals surface area contributed by atoms with Crippen LogP contribution in [0.1, 0.15) is 45.1 Å². The van der Waals surface area contributed by atoms with E-state index in [9.17, 15) is 4.79 Å². The number of unbranched alkanes of at least 4 members (excludes halogenated alkanes) is 1. The largest absolute Gasteiger partial charge is 0.326 e. The lowest BCUT2D eigenvalue weighted by Gasteiger charge is -2.19. The second-order valence-electron chi connectivity index (χ2n) is 5.34. The first-order valence-electron chi connectivity index (χ1n) is 8.00. The van der Waals surface area contributed by atoms with Crippen molar-refractivity contribution in [2.45, 2.75) is 46.1 Å². The van der Waals surface area contributed by atoms with Crippen LogP contribution in [0.5, 0.6) is 0 Å². The maximum Gasteiger partial charge on any atom is 0.224 e. The van der Waals surface area contributed by atoms with E-state index in [1.165, 1.54) is 12.8 Å². The van der Waals surface area contributed by atoms with Gasteiger partial charge < -0.3 is 16.0 Å². The summed E-state index contributed by atoms with van der Waals surface area (Å²) in [6, 6.07) is 7.69. The summed E-state index contributed by atoms with van der Waals surface area (Å²) in [6.07, 6.45) is 3.93. The van der Waals surface area contributed by atoms with Gasteiger partial charge in [0, 0.05) is 18.7 Å². The highest BCUT2D eigenvalue weighted by Crippen LogP contribution is 2.10. The van der Waals surface area contributed by atoms with Crippen LogP contribution in [0.4, 0.5) is 5.69 Å². The molecule has 0 radical (unpaired) electrons. The van der Waals surface area contributed by atoms with E-state index in [0.29, 0.717) is 13.0 Å². The Morgan fingerprint density at radius 3 is 2.38 bits per heavy atom. The van der Waals surface area contributed by atoms with Gasteiger partial charge in [0.05, 0.1) is 0 Å². The molecule has 0 saturated heterocycles. The molecule has 0 unspecified atom stereocenters. The maximum atomic E-state index is 11.9.